The van der Waals surface area contributed by atoms with Crippen molar-refractivity contribution in [1.82, 2.24) is 14.5 Å². The Balaban J connectivity index is 1.99. The van der Waals surface area contributed by atoms with Crippen LogP contribution in [-0.2, 0) is 6.54 Å². The van der Waals surface area contributed by atoms with E-state index in [4.69, 9.17) is 10.7 Å². The number of hydrogen-bond acceptors (Lipinski definition) is 4. The highest BCUT2D eigenvalue weighted by Crippen LogP contribution is 2.26. The Morgan fingerprint density at radius 3 is 2.67 bits per heavy atom. The third-order valence-electron chi connectivity index (χ3n) is 4.27. The molecule has 1 aromatic heterocycles. The molecule has 1 saturated heterocycles. The average molecular weight is 287 g/mol. The maximum Gasteiger partial charge on any atom is 0.206 e. The van der Waals surface area contributed by atoms with Crippen LogP contribution in [0.3, 0.4) is 0 Å². The topological polar surface area (TPSA) is 50.3 Å². The van der Waals surface area contributed by atoms with Gasteiger partial charge in [-0.15, -0.1) is 0 Å². The molecule has 5 nitrogen and oxygen atoms in total. The van der Waals surface area contributed by atoms with Gasteiger partial charge in [-0.1, -0.05) is 13.3 Å². The lowest BCUT2D eigenvalue weighted by atomic mass is 10.2. The van der Waals surface area contributed by atoms with Gasteiger partial charge in [0.2, 0.25) is 5.95 Å². The second-order valence-electron chi connectivity index (χ2n) is 5.96. The van der Waals surface area contributed by atoms with Crippen LogP contribution in [0, 0.1) is 0 Å². The summed E-state index contributed by atoms with van der Waals surface area (Å²) in [5.41, 5.74) is 8.99. The molecule has 0 amide bonds. The van der Waals surface area contributed by atoms with E-state index < -0.39 is 0 Å². The Bertz CT molecular complexity index is 610. The summed E-state index contributed by atoms with van der Waals surface area (Å²) >= 11 is 0. The van der Waals surface area contributed by atoms with Crippen LogP contribution < -0.4 is 10.6 Å². The summed E-state index contributed by atoms with van der Waals surface area (Å²) in [5.74, 6) is 1.11. The minimum absolute atomic E-state index is 0.810. The van der Waals surface area contributed by atoms with Gasteiger partial charge in [0.1, 0.15) is 0 Å². The van der Waals surface area contributed by atoms with Gasteiger partial charge < -0.3 is 20.1 Å². The van der Waals surface area contributed by atoms with E-state index >= 15 is 0 Å². The van der Waals surface area contributed by atoms with Gasteiger partial charge in [-0.25, -0.2) is 4.98 Å². The van der Waals surface area contributed by atoms with Crippen molar-refractivity contribution in [2.75, 3.05) is 43.9 Å². The SMILES string of the molecule is CCCCn1c(N2CCN(C)CC2)nc2ccc(N)cc21. The second-order valence-corrected chi connectivity index (χ2v) is 5.96. The van der Waals surface area contributed by atoms with Crippen LogP contribution in [0.2, 0.25) is 0 Å². The summed E-state index contributed by atoms with van der Waals surface area (Å²) in [5, 5.41) is 0. The Labute approximate surface area is 126 Å². The van der Waals surface area contributed by atoms with Gasteiger partial charge in [0.25, 0.3) is 0 Å². The summed E-state index contributed by atoms with van der Waals surface area (Å²) in [6.07, 6.45) is 2.35. The minimum Gasteiger partial charge on any atom is -0.399 e. The van der Waals surface area contributed by atoms with Crippen molar-refractivity contribution in [1.29, 1.82) is 0 Å². The van der Waals surface area contributed by atoms with Crippen LogP contribution in [0.1, 0.15) is 19.8 Å². The number of aryl methyl sites for hydroxylation is 1. The van der Waals surface area contributed by atoms with E-state index in [0.29, 0.717) is 0 Å². The number of imidazole rings is 1. The molecule has 1 aliphatic rings. The Morgan fingerprint density at radius 1 is 1.19 bits per heavy atom. The fourth-order valence-corrected chi connectivity index (χ4v) is 2.91. The van der Waals surface area contributed by atoms with Crippen LogP contribution in [0.4, 0.5) is 11.6 Å². The van der Waals surface area contributed by atoms with E-state index in [1.165, 1.54) is 12.8 Å². The number of rotatable bonds is 4. The number of fused-ring (bicyclic) bond motifs is 1. The fourth-order valence-electron chi connectivity index (χ4n) is 2.91. The van der Waals surface area contributed by atoms with E-state index in [9.17, 15) is 0 Å². The molecule has 1 aromatic carbocycles. The molecule has 2 N–H and O–H groups in total. The number of nitrogens with zero attached hydrogens (tertiary/aromatic N) is 4. The van der Waals surface area contributed by atoms with Crippen molar-refractivity contribution in [2.24, 2.45) is 0 Å². The number of piperazine rings is 1. The molecule has 1 aliphatic heterocycles. The Kier molecular flexibility index (Phi) is 4.01. The molecule has 5 heteroatoms. The normalized spacial score (nSPS) is 16.8. The quantitative estimate of drug-likeness (QED) is 0.876. The molecule has 2 aromatic rings. The molecule has 3 rings (SSSR count). The number of unbranched alkanes of at least 4 members (excludes halogenated alkanes) is 1. The molecule has 0 aliphatic carbocycles. The predicted octanol–water partition coefficient (Wildman–Crippen LogP) is 2.17. The number of hydrogen-bond donors (Lipinski definition) is 1. The lowest BCUT2D eigenvalue weighted by molar-refractivity contribution is 0.310. The highest BCUT2D eigenvalue weighted by Gasteiger charge is 2.20. The van der Waals surface area contributed by atoms with Gasteiger partial charge in [-0.2, -0.15) is 0 Å². The maximum atomic E-state index is 5.97. The molecule has 114 valence electrons. The summed E-state index contributed by atoms with van der Waals surface area (Å²) in [6, 6.07) is 6.03. The van der Waals surface area contributed by atoms with Crippen LogP contribution in [0.15, 0.2) is 18.2 Å². The number of nitrogen functional groups attached to an aromatic ring is 1. The molecule has 0 saturated carbocycles. The first-order valence-corrected chi connectivity index (χ1v) is 7.88. The van der Waals surface area contributed by atoms with E-state index in [2.05, 4.69) is 34.4 Å². The zero-order valence-electron chi connectivity index (χ0n) is 13.0. The number of benzene rings is 1. The molecule has 0 spiro atoms. The lowest BCUT2D eigenvalue weighted by Crippen LogP contribution is -2.45. The molecule has 0 unspecified atom stereocenters. The number of likely N-dealkylation sites (N-methyl/N-ethyl adjacent to an activating group) is 1. The highest BCUT2D eigenvalue weighted by molar-refractivity contribution is 5.82. The van der Waals surface area contributed by atoms with Gasteiger partial charge in [-0.05, 0) is 31.7 Å². The summed E-state index contributed by atoms with van der Waals surface area (Å²) < 4.78 is 2.35. The lowest BCUT2D eigenvalue weighted by Gasteiger charge is -2.33. The second kappa shape index (κ2) is 5.93. The van der Waals surface area contributed by atoms with Gasteiger partial charge in [0.05, 0.1) is 11.0 Å². The van der Waals surface area contributed by atoms with Crippen molar-refractivity contribution in [3.63, 3.8) is 0 Å². The standard InChI is InChI=1S/C16H25N5/c1-3-4-7-21-15-12-13(17)5-6-14(15)18-16(21)20-10-8-19(2)9-11-20/h5-6,12H,3-4,7-11,17H2,1-2H3. The van der Waals surface area contributed by atoms with Gasteiger partial charge >= 0.3 is 0 Å². The minimum atomic E-state index is 0.810. The summed E-state index contributed by atoms with van der Waals surface area (Å²) in [6.45, 7) is 7.52. The molecule has 0 atom stereocenters. The summed E-state index contributed by atoms with van der Waals surface area (Å²) in [4.78, 5) is 9.65. The van der Waals surface area contributed by atoms with Gasteiger partial charge in [0.15, 0.2) is 0 Å². The molecule has 0 radical (unpaired) electrons. The van der Waals surface area contributed by atoms with E-state index in [-0.39, 0.29) is 0 Å². The highest BCUT2D eigenvalue weighted by atomic mass is 15.3. The van der Waals surface area contributed by atoms with Crippen LogP contribution in [0.5, 0.6) is 0 Å². The van der Waals surface area contributed by atoms with Gasteiger partial charge in [-0.3, -0.25) is 0 Å². The molecule has 2 heterocycles. The smallest absolute Gasteiger partial charge is 0.206 e. The molecular weight excluding hydrogens is 262 g/mol. The number of nitrogens with two attached hydrogens (primary N) is 1. The Morgan fingerprint density at radius 2 is 1.95 bits per heavy atom. The third kappa shape index (κ3) is 2.83. The maximum absolute atomic E-state index is 5.97. The monoisotopic (exact) mass is 287 g/mol. The van der Waals surface area contributed by atoms with E-state index in [1.807, 2.05) is 12.1 Å². The van der Waals surface area contributed by atoms with Crippen molar-refractivity contribution in [3.05, 3.63) is 18.2 Å². The molecular formula is C16H25N5. The van der Waals surface area contributed by atoms with Crippen molar-refractivity contribution in [2.45, 2.75) is 26.3 Å². The predicted molar refractivity (Wildman–Crippen MR) is 88.8 cm³/mol. The van der Waals surface area contributed by atoms with E-state index in [1.54, 1.807) is 0 Å². The first-order chi connectivity index (χ1) is 10.2. The van der Waals surface area contributed by atoms with Crippen LogP contribution in [-0.4, -0.2) is 47.7 Å². The molecule has 1 fully saturated rings. The van der Waals surface area contributed by atoms with E-state index in [0.717, 1.165) is 55.4 Å². The molecule has 0 bridgehead atoms. The first-order valence-electron chi connectivity index (χ1n) is 7.88. The zero-order chi connectivity index (χ0) is 14.8. The largest absolute Gasteiger partial charge is 0.399 e. The van der Waals surface area contributed by atoms with Crippen LogP contribution in [0.25, 0.3) is 11.0 Å². The number of aromatic nitrogens is 2. The average Bonchev–Trinajstić information content (AvgIpc) is 2.83. The molecule has 21 heavy (non-hydrogen) atoms. The third-order valence-corrected chi connectivity index (χ3v) is 4.27. The first kappa shape index (κ1) is 14.2. The van der Waals surface area contributed by atoms with Crippen molar-refractivity contribution >= 4 is 22.7 Å². The van der Waals surface area contributed by atoms with Crippen molar-refractivity contribution < 1.29 is 0 Å². The zero-order valence-corrected chi connectivity index (χ0v) is 13.0. The van der Waals surface area contributed by atoms with Gasteiger partial charge in [0, 0.05) is 38.4 Å². The summed E-state index contributed by atoms with van der Waals surface area (Å²) in [7, 11) is 2.18. The van der Waals surface area contributed by atoms with Crippen molar-refractivity contribution in [3.8, 4) is 0 Å². The number of anilines is 2. The Hall–Kier alpha value is -1.75. The fraction of sp³-hybridized carbons (Fsp3) is 0.562. The van der Waals surface area contributed by atoms with Crippen LogP contribution >= 0.6 is 0 Å².